The van der Waals surface area contributed by atoms with Gasteiger partial charge < -0.3 is 9.88 Å². The molecule has 1 N–H and O–H groups in total. The number of nitrogens with zero attached hydrogens (tertiary/aromatic N) is 1. The quantitative estimate of drug-likeness (QED) is 0.746. The van der Waals surface area contributed by atoms with Gasteiger partial charge in [-0.05, 0) is 12.8 Å². The molecule has 0 radical (unpaired) electrons. The van der Waals surface area contributed by atoms with Gasteiger partial charge in [-0.2, -0.15) is 0 Å². The molecule has 1 fully saturated rings. The number of hydrogen-bond acceptors (Lipinski definition) is 3. The summed E-state index contributed by atoms with van der Waals surface area (Å²) in [4.78, 5) is 11.2. The molecule has 1 heterocycles. The normalized spacial score (nSPS) is 16.7. The van der Waals surface area contributed by atoms with E-state index in [1.54, 1.807) is 4.57 Å². The molecule has 0 amide bonds. The SMILES string of the molecule is O=c1sccn1CCNC1CC1. The number of thiazole rings is 1. The zero-order chi connectivity index (χ0) is 8.39. The van der Waals surface area contributed by atoms with Crippen LogP contribution in [0.4, 0.5) is 0 Å². The van der Waals surface area contributed by atoms with Gasteiger partial charge in [-0.25, -0.2) is 0 Å². The van der Waals surface area contributed by atoms with Crippen LogP contribution < -0.4 is 10.2 Å². The molecule has 1 aliphatic carbocycles. The maximum Gasteiger partial charge on any atom is 0.307 e. The Morgan fingerprint density at radius 2 is 2.50 bits per heavy atom. The number of hydrogen-bond donors (Lipinski definition) is 1. The van der Waals surface area contributed by atoms with Crippen molar-refractivity contribution in [2.24, 2.45) is 0 Å². The summed E-state index contributed by atoms with van der Waals surface area (Å²) in [6, 6.07) is 0.735. The maximum absolute atomic E-state index is 11.1. The Kier molecular flexibility index (Phi) is 2.28. The smallest absolute Gasteiger partial charge is 0.307 e. The second-order valence-corrected chi connectivity index (χ2v) is 3.95. The lowest BCUT2D eigenvalue weighted by Crippen LogP contribution is -2.25. The maximum atomic E-state index is 11.1. The molecule has 0 aliphatic heterocycles. The molecule has 0 spiro atoms. The molecule has 1 aromatic heterocycles. The van der Waals surface area contributed by atoms with Gasteiger partial charge in [0.25, 0.3) is 0 Å². The van der Waals surface area contributed by atoms with Crippen molar-refractivity contribution >= 4 is 11.3 Å². The zero-order valence-corrected chi connectivity index (χ0v) is 7.64. The predicted molar refractivity (Wildman–Crippen MR) is 49.6 cm³/mol. The predicted octanol–water partition coefficient (Wildman–Crippen LogP) is 0.662. The van der Waals surface area contributed by atoms with E-state index in [1.807, 2.05) is 11.6 Å². The second kappa shape index (κ2) is 3.41. The van der Waals surface area contributed by atoms with Crippen molar-refractivity contribution in [3.63, 3.8) is 0 Å². The average Bonchev–Trinajstić information content (AvgIpc) is 2.78. The molecular formula is C8H12N2OS. The summed E-state index contributed by atoms with van der Waals surface area (Å²) in [5, 5.41) is 5.20. The first-order valence-corrected chi connectivity index (χ1v) is 5.11. The summed E-state index contributed by atoms with van der Waals surface area (Å²) in [7, 11) is 0. The van der Waals surface area contributed by atoms with Crippen LogP contribution in [0.2, 0.25) is 0 Å². The van der Waals surface area contributed by atoms with E-state index >= 15 is 0 Å². The van der Waals surface area contributed by atoms with Crippen molar-refractivity contribution in [1.29, 1.82) is 0 Å². The summed E-state index contributed by atoms with van der Waals surface area (Å²) < 4.78 is 1.75. The van der Waals surface area contributed by atoms with Gasteiger partial charge in [0.2, 0.25) is 0 Å². The highest BCUT2D eigenvalue weighted by Crippen LogP contribution is 2.17. The molecular weight excluding hydrogens is 172 g/mol. The van der Waals surface area contributed by atoms with E-state index in [-0.39, 0.29) is 4.87 Å². The summed E-state index contributed by atoms with van der Waals surface area (Å²) >= 11 is 1.26. The largest absolute Gasteiger partial charge is 0.312 e. The fourth-order valence-corrected chi connectivity index (χ4v) is 1.74. The molecule has 0 bridgehead atoms. The molecule has 3 nitrogen and oxygen atoms in total. The van der Waals surface area contributed by atoms with Gasteiger partial charge in [0.1, 0.15) is 0 Å². The lowest BCUT2D eigenvalue weighted by molar-refractivity contribution is 0.590. The van der Waals surface area contributed by atoms with E-state index in [9.17, 15) is 4.79 Å². The Morgan fingerprint density at radius 3 is 3.08 bits per heavy atom. The molecule has 0 aromatic carbocycles. The molecule has 0 unspecified atom stereocenters. The third-order valence-corrected chi connectivity index (χ3v) is 2.70. The molecule has 2 rings (SSSR count). The van der Waals surface area contributed by atoms with Crippen LogP contribution in [0.1, 0.15) is 12.8 Å². The van der Waals surface area contributed by atoms with Gasteiger partial charge in [0.15, 0.2) is 0 Å². The van der Waals surface area contributed by atoms with Crippen molar-refractivity contribution in [3.8, 4) is 0 Å². The van der Waals surface area contributed by atoms with Crippen LogP contribution in [-0.2, 0) is 6.54 Å². The highest BCUT2D eigenvalue weighted by atomic mass is 32.1. The van der Waals surface area contributed by atoms with E-state index in [4.69, 9.17) is 0 Å². The van der Waals surface area contributed by atoms with Crippen LogP contribution in [0.3, 0.4) is 0 Å². The lowest BCUT2D eigenvalue weighted by atomic mass is 10.5. The molecule has 4 heteroatoms. The number of aromatic nitrogens is 1. The molecule has 66 valence electrons. The summed E-state index contributed by atoms with van der Waals surface area (Å²) in [6.07, 6.45) is 4.46. The van der Waals surface area contributed by atoms with E-state index < -0.39 is 0 Å². The Labute approximate surface area is 75.0 Å². The fourth-order valence-electron chi connectivity index (χ4n) is 1.13. The van der Waals surface area contributed by atoms with E-state index in [0.29, 0.717) is 0 Å². The number of rotatable bonds is 4. The van der Waals surface area contributed by atoms with Gasteiger partial charge in [-0.1, -0.05) is 11.3 Å². The van der Waals surface area contributed by atoms with E-state index in [2.05, 4.69) is 5.32 Å². The van der Waals surface area contributed by atoms with Crippen LogP contribution in [0.25, 0.3) is 0 Å². The average molecular weight is 184 g/mol. The summed E-state index contributed by atoms with van der Waals surface area (Å²) in [6.45, 7) is 1.72. The van der Waals surface area contributed by atoms with Crippen LogP contribution in [0.15, 0.2) is 16.4 Å². The van der Waals surface area contributed by atoms with Crippen molar-refractivity contribution < 1.29 is 0 Å². The van der Waals surface area contributed by atoms with Gasteiger partial charge in [0.05, 0.1) is 0 Å². The van der Waals surface area contributed by atoms with Crippen molar-refractivity contribution in [3.05, 3.63) is 21.2 Å². The van der Waals surface area contributed by atoms with E-state index in [0.717, 1.165) is 19.1 Å². The summed E-state index contributed by atoms with van der Waals surface area (Å²) in [5.41, 5.74) is 0. The second-order valence-electron chi connectivity index (χ2n) is 3.09. The Hall–Kier alpha value is -0.610. The fraction of sp³-hybridized carbons (Fsp3) is 0.625. The summed E-state index contributed by atoms with van der Waals surface area (Å²) in [5.74, 6) is 0. The van der Waals surface area contributed by atoms with Crippen LogP contribution in [0, 0.1) is 0 Å². The van der Waals surface area contributed by atoms with Gasteiger partial charge >= 0.3 is 4.87 Å². The molecule has 0 atom stereocenters. The minimum absolute atomic E-state index is 0.146. The Morgan fingerprint density at radius 1 is 1.67 bits per heavy atom. The highest BCUT2D eigenvalue weighted by molar-refractivity contribution is 7.07. The van der Waals surface area contributed by atoms with E-state index in [1.165, 1.54) is 24.2 Å². The topological polar surface area (TPSA) is 34.0 Å². The van der Waals surface area contributed by atoms with Crippen LogP contribution in [-0.4, -0.2) is 17.2 Å². The lowest BCUT2D eigenvalue weighted by Gasteiger charge is -2.01. The van der Waals surface area contributed by atoms with Gasteiger partial charge in [-0.15, -0.1) is 0 Å². The number of nitrogens with one attached hydrogen (secondary N) is 1. The first-order valence-electron chi connectivity index (χ1n) is 4.23. The van der Waals surface area contributed by atoms with Crippen LogP contribution in [0.5, 0.6) is 0 Å². The molecule has 1 aromatic rings. The van der Waals surface area contributed by atoms with Gasteiger partial charge in [-0.3, -0.25) is 4.79 Å². The first kappa shape index (κ1) is 8.01. The van der Waals surface area contributed by atoms with Crippen LogP contribution >= 0.6 is 11.3 Å². The Balaban J connectivity index is 1.78. The highest BCUT2D eigenvalue weighted by Gasteiger charge is 2.19. The van der Waals surface area contributed by atoms with Gasteiger partial charge in [0, 0.05) is 30.7 Å². The molecule has 1 aliphatic rings. The monoisotopic (exact) mass is 184 g/mol. The van der Waals surface area contributed by atoms with Crippen molar-refractivity contribution in [2.75, 3.05) is 6.54 Å². The molecule has 0 saturated heterocycles. The molecule has 1 saturated carbocycles. The minimum Gasteiger partial charge on any atom is -0.312 e. The minimum atomic E-state index is 0.146. The third-order valence-electron chi connectivity index (χ3n) is 2.01. The van der Waals surface area contributed by atoms with Crippen molar-refractivity contribution in [1.82, 2.24) is 9.88 Å². The standard InChI is InChI=1S/C8H12N2OS/c11-8-10(5-6-12-8)4-3-9-7-1-2-7/h5-7,9H,1-4H2. The Bertz CT molecular complexity index is 300. The third kappa shape index (κ3) is 1.95. The van der Waals surface area contributed by atoms with Crippen molar-refractivity contribution in [2.45, 2.75) is 25.4 Å². The molecule has 12 heavy (non-hydrogen) atoms. The zero-order valence-electron chi connectivity index (χ0n) is 6.82. The first-order chi connectivity index (χ1) is 5.86.